The molecule has 0 aliphatic carbocycles. The molecule has 0 atom stereocenters. The van der Waals surface area contributed by atoms with Gasteiger partial charge < -0.3 is 14.5 Å². The third-order valence-electron chi connectivity index (χ3n) is 3.78. The molecule has 24 heavy (non-hydrogen) atoms. The van der Waals surface area contributed by atoms with Gasteiger partial charge in [-0.3, -0.25) is 14.4 Å². The Labute approximate surface area is 141 Å². The second-order valence-electron chi connectivity index (χ2n) is 5.84. The van der Waals surface area contributed by atoms with Crippen molar-refractivity contribution in [1.29, 1.82) is 0 Å². The molecular weight excluding hydrogens is 308 g/mol. The quantitative estimate of drug-likeness (QED) is 0.482. The Morgan fingerprint density at radius 1 is 1.04 bits per heavy atom. The first-order valence-electron chi connectivity index (χ1n) is 7.91. The summed E-state index contributed by atoms with van der Waals surface area (Å²) in [7, 11) is 0. The molecule has 2 amide bonds. The van der Waals surface area contributed by atoms with Crippen LogP contribution in [0.15, 0.2) is 36.4 Å². The molecule has 2 rings (SSSR count). The molecule has 1 aromatic carbocycles. The zero-order valence-electron chi connectivity index (χ0n) is 14.1. The Bertz CT molecular complexity index is 669. The van der Waals surface area contributed by atoms with Crippen molar-refractivity contribution >= 4 is 17.8 Å². The fourth-order valence-corrected chi connectivity index (χ4v) is 2.63. The van der Waals surface area contributed by atoms with E-state index in [0.29, 0.717) is 49.5 Å². The number of hydrogen-bond acceptors (Lipinski definition) is 4. The fourth-order valence-electron chi connectivity index (χ4n) is 2.63. The van der Waals surface area contributed by atoms with Gasteiger partial charge in [0.2, 0.25) is 5.91 Å². The van der Waals surface area contributed by atoms with Crippen molar-refractivity contribution in [3.8, 4) is 5.75 Å². The monoisotopic (exact) mass is 330 g/mol. The van der Waals surface area contributed by atoms with E-state index in [1.807, 2.05) is 0 Å². The van der Waals surface area contributed by atoms with E-state index in [0.717, 1.165) is 0 Å². The minimum absolute atomic E-state index is 0.0684. The van der Waals surface area contributed by atoms with Crippen LogP contribution in [0, 0.1) is 0 Å². The van der Waals surface area contributed by atoms with Crippen LogP contribution in [0.25, 0.3) is 0 Å². The average Bonchev–Trinajstić information content (AvgIpc) is 2.79. The number of rotatable bonds is 3. The van der Waals surface area contributed by atoms with Crippen LogP contribution in [0.4, 0.5) is 0 Å². The summed E-state index contributed by atoms with van der Waals surface area (Å²) in [6, 6.07) is 6.57. The van der Waals surface area contributed by atoms with Crippen LogP contribution in [-0.2, 0) is 9.59 Å². The van der Waals surface area contributed by atoms with E-state index in [1.54, 1.807) is 41.0 Å². The Hall–Kier alpha value is -2.63. The van der Waals surface area contributed by atoms with Crippen molar-refractivity contribution < 1.29 is 19.1 Å². The lowest BCUT2D eigenvalue weighted by atomic mass is 10.2. The molecule has 1 aromatic rings. The number of nitrogens with zero attached hydrogens (tertiary/aromatic N) is 2. The van der Waals surface area contributed by atoms with E-state index < -0.39 is 5.97 Å². The van der Waals surface area contributed by atoms with Gasteiger partial charge in [0.25, 0.3) is 5.91 Å². The van der Waals surface area contributed by atoms with E-state index >= 15 is 0 Å². The largest absolute Gasteiger partial charge is 0.427 e. The molecule has 1 aliphatic rings. The summed E-state index contributed by atoms with van der Waals surface area (Å²) in [6.07, 6.45) is 0.717. The highest BCUT2D eigenvalue weighted by Crippen LogP contribution is 2.16. The molecule has 0 radical (unpaired) electrons. The SMILES string of the molecule is C=C(C)C(=O)N1CCCN(C(=O)c2cccc(OC(C)=O)c2)CC1. The second-order valence-corrected chi connectivity index (χ2v) is 5.84. The molecule has 0 unspecified atom stereocenters. The summed E-state index contributed by atoms with van der Waals surface area (Å²) >= 11 is 0. The average molecular weight is 330 g/mol. The zero-order chi connectivity index (χ0) is 17.7. The van der Waals surface area contributed by atoms with Crippen LogP contribution in [0.3, 0.4) is 0 Å². The molecule has 0 saturated carbocycles. The molecule has 6 nitrogen and oxygen atoms in total. The maximum absolute atomic E-state index is 12.7. The number of hydrogen-bond donors (Lipinski definition) is 0. The molecule has 6 heteroatoms. The van der Waals surface area contributed by atoms with E-state index in [4.69, 9.17) is 4.74 Å². The highest BCUT2D eigenvalue weighted by molar-refractivity contribution is 5.95. The maximum atomic E-state index is 12.7. The lowest BCUT2D eigenvalue weighted by Crippen LogP contribution is -2.37. The van der Waals surface area contributed by atoms with Gasteiger partial charge in [-0.25, -0.2) is 0 Å². The van der Waals surface area contributed by atoms with Gasteiger partial charge in [0.15, 0.2) is 0 Å². The summed E-state index contributed by atoms with van der Waals surface area (Å²) in [4.78, 5) is 39.2. The molecule has 0 aromatic heterocycles. The Kier molecular flexibility index (Phi) is 5.73. The normalized spacial score (nSPS) is 14.8. The highest BCUT2D eigenvalue weighted by Gasteiger charge is 2.23. The second kappa shape index (κ2) is 7.77. The van der Waals surface area contributed by atoms with Gasteiger partial charge in [0, 0.05) is 44.2 Å². The van der Waals surface area contributed by atoms with E-state index in [2.05, 4.69) is 6.58 Å². The number of ether oxygens (including phenoxy) is 1. The summed E-state index contributed by atoms with van der Waals surface area (Å²) in [6.45, 7) is 8.84. The first-order valence-corrected chi connectivity index (χ1v) is 7.91. The molecule has 1 saturated heterocycles. The Balaban J connectivity index is 2.06. The van der Waals surface area contributed by atoms with Gasteiger partial charge >= 0.3 is 5.97 Å². The topological polar surface area (TPSA) is 66.9 Å². The highest BCUT2D eigenvalue weighted by atomic mass is 16.5. The summed E-state index contributed by atoms with van der Waals surface area (Å²) in [5.41, 5.74) is 0.970. The van der Waals surface area contributed by atoms with Crippen LogP contribution >= 0.6 is 0 Å². The van der Waals surface area contributed by atoms with Crippen molar-refractivity contribution in [2.45, 2.75) is 20.3 Å². The van der Waals surface area contributed by atoms with Gasteiger partial charge in [0.05, 0.1) is 0 Å². The Morgan fingerprint density at radius 3 is 2.38 bits per heavy atom. The number of benzene rings is 1. The van der Waals surface area contributed by atoms with Gasteiger partial charge in [0.1, 0.15) is 5.75 Å². The van der Waals surface area contributed by atoms with E-state index in [1.165, 1.54) is 6.92 Å². The van der Waals surface area contributed by atoms with Gasteiger partial charge in [-0.05, 0) is 31.5 Å². The summed E-state index contributed by atoms with van der Waals surface area (Å²) < 4.78 is 5.02. The van der Waals surface area contributed by atoms with E-state index in [9.17, 15) is 14.4 Å². The number of carbonyl (C=O) groups excluding carboxylic acids is 3. The molecule has 128 valence electrons. The predicted octanol–water partition coefficient (Wildman–Crippen LogP) is 1.86. The third kappa shape index (κ3) is 4.44. The van der Waals surface area contributed by atoms with Crippen LogP contribution in [0.1, 0.15) is 30.6 Å². The lowest BCUT2D eigenvalue weighted by Gasteiger charge is -2.22. The maximum Gasteiger partial charge on any atom is 0.308 e. The standard InChI is InChI=1S/C18H22N2O4/c1-13(2)17(22)19-8-5-9-20(11-10-19)18(23)15-6-4-7-16(12-15)24-14(3)21/h4,6-7,12H,1,5,8-11H2,2-3H3. The predicted molar refractivity (Wildman–Crippen MR) is 89.7 cm³/mol. The van der Waals surface area contributed by atoms with Crippen molar-refractivity contribution in [2.75, 3.05) is 26.2 Å². The van der Waals surface area contributed by atoms with E-state index in [-0.39, 0.29) is 11.8 Å². The minimum Gasteiger partial charge on any atom is -0.427 e. The van der Waals surface area contributed by atoms with Gasteiger partial charge in [-0.1, -0.05) is 12.6 Å². The van der Waals surface area contributed by atoms with Crippen molar-refractivity contribution in [2.24, 2.45) is 0 Å². The number of carbonyl (C=O) groups is 3. The summed E-state index contributed by atoms with van der Waals surface area (Å²) in [5, 5.41) is 0. The van der Waals surface area contributed by atoms with Crippen molar-refractivity contribution in [3.63, 3.8) is 0 Å². The molecule has 0 N–H and O–H groups in total. The minimum atomic E-state index is -0.427. The smallest absolute Gasteiger partial charge is 0.308 e. The number of amides is 2. The fraction of sp³-hybridized carbons (Fsp3) is 0.389. The number of esters is 1. The molecule has 0 bridgehead atoms. The molecular formula is C18H22N2O4. The molecule has 1 heterocycles. The van der Waals surface area contributed by atoms with Crippen LogP contribution in [0.2, 0.25) is 0 Å². The zero-order valence-corrected chi connectivity index (χ0v) is 14.1. The van der Waals surface area contributed by atoms with Gasteiger partial charge in [-0.2, -0.15) is 0 Å². The molecule has 1 fully saturated rings. The summed E-state index contributed by atoms with van der Waals surface area (Å²) in [5.74, 6) is -0.277. The lowest BCUT2D eigenvalue weighted by molar-refractivity contribution is -0.132. The molecule has 1 aliphatic heterocycles. The van der Waals surface area contributed by atoms with Crippen molar-refractivity contribution in [1.82, 2.24) is 9.80 Å². The van der Waals surface area contributed by atoms with Crippen molar-refractivity contribution in [3.05, 3.63) is 42.0 Å². The Morgan fingerprint density at radius 2 is 1.71 bits per heavy atom. The third-order valence-corrected chi connectivity index (χ3v) is 3.78. The first-order chi connectivity index (χ1) is 11.4. The first kappa shape index (κ1) is 17.7. The molecule has 0 spiro atoms. The van der Waals surface area contributed by atoms with Crippen LogP contribution in [-0.4, -0.2) is 53.8 Å². The van der Waals surface area contributed by atoms with Crippen LogP contribution in [0.5, 0.6) is 5.75 Å². The van der Waals surface area contributed by atoms with Gasteiger partial charge in [-0.15, -0.1) is 0 Å². The van der Waals surface area contributed by atoms with Crippen LogP contribution < -0.4 is 4.74 Å².